The molecule has 0 saturated heterocycles. The number of anilines is 1. The van der Waals surface area contributed by atoms with Crippen LogP contribution in [0.15, 0.2) is 47.6 Å². The number of carbonyl (C=O) groups is 2. The molecule has 8 nitrogen and oxygen atoms in total. The van der Waals surface area contributed by atoms with Gasteiger partial charge in [0.15, 0.2) is 17.1 Å². The summed E-state index contributed by atoms with van der Waals surface area (Å²) in [6.07, 6.45) is 0.286. The van der Waals surface area contributed by atoms with E-state index in [1.165, 1.54) is 17.3 Å². The number of halogens is 1. The number of hydrogen-bond donors (Lipinski definition) is 2. The lowest BCUT2D eigenvalue weighted by Gasteiger charge is -2.15. The van der Waals surface area contributed by atoms with Crippen LogP contribution in [-0.4, -0.2) is 38.4 Å². The van der Waals surface area contributed by atoms with Crippen LogP contribution in [-0.2, 0) is 29.1 Å². The van der Waals surface area contributed by atoms with Gasteiger partial charge < -0.3 is 19.9 Å². The van der Waals surface area contributed by atoms with Gasteiger partial charge in [-0.1, -0.05) is 48.5 Å². The Morgan fingerprint density at radius 3 is 2.57 bits per heavy atom. The van der Waals surface area contributed by atoms with E-state index in [1.807, 2.05) is 48.7 Å². The molecule has 2 N–H and O–H groups in total. The van der Waals surface area contributed by atoms with Gasteiger partial charge in [0.2, 0.25) is 5.91 Å². The Morgan fingerprint density at radius 1 is 1.14 bits per heavy atom. The normalized spacial score (nSPS) is 11.7. The third kappa shape index (κ3) is 7.22. The Labute approximate surface area is 214 Å². The fourth-order valence-corrected chi connectivity index (χ4v) is 4.30. The lowest BCUT2D eigenvalue weighted by molar-refractivity contribution is -0.127. The zero-order valence-electron chi connectivity index (χ0n) is 20.3. The van der Waals surface area contributed by atoms with E-state index in [1.54, 1.807) is 19.1 Å². The summed E-state index contributed by atoms with van der Waals surface area (Å²) in [6, 6.07) is 13.1. The molecule has 0 aliphatic carbocycles. The standard InChI is InChI=1S/C25H30ClN5O3S/c1-5-18-10-12-19(13-11-18)34-17(4)24(33)27-14-22-29-30-25(31(22)6-2)35-15-23(32)28-21-9-7-8-20(26)16(21)3/h7-13,17H,5-6,14-15H2,1-4H3,(H,27,33)(H,28,32)/t17-/m0/s1. The minimum atomic E-state index is -0.659. The number of hydrogen-bond acceptors (Lipinski definition) is 6. The van der Waals surface area contributed by atoms with Gasteiger partial charge in [-0.3, -0.25) is 9.59 Å². The van der Waals surface area contributed by atoms with Crippen LogP contribution in [0.5, 0.6) is 5.75 Å². The van der Waals surface area contributed by atoms with Crippen LogP contribution >= 0.6 is 23.4 Å². The molecule has 1 atom stereocenters. The van der Waals surface area contributed by atoms with Crippen LogP contribution in [0.25, 0.3) is 0 Å². The van der Waals surface area contributed by atoms with Crippen molar-refractivity contribution in [3.63, 3.8) is 0 Å². The fraction of sp³-hybridized carbons (Fsp3) is 0.360. The number of nitrogens with zero attached hydrogens (tertiary/aromatic N) is 3. The van der Waals surface area contributed by atoms with Gasteiger partial charge in [0.25, 0.3) is 5.91 Å². The number of aryl methyl sites for hydroxylation is 1. The molecule has 0 spiro atoms. The van der Waals surface area contributed by atoms with Crippen molar-refractivity contribution < 1.29 is 14.3 Å². The summed E-state index contributed by atoms with van der Waals surface area (Å²) in [7, 11) is 0. The van der Waals surface area contributed by atoms with Crippen LogP contribution in [0.2, 0.25) is 5.02 Å². The van der Waals surface area contributed by atoms with Gasteiger partial charge in [0, 0.05) is 17.3 Å². The van der Waals surface area contributed by atoms with E-state index in [9.17, 15) is 9.59 Å². The van der Waals surface area contributed by atoms with Gasteiger partial charge in [-0.15, -0.1) is 10.2 Å². The third-order valence-electron chi connectivity index (χ3n) is 5.42. The largest absolute Gasteiger partial charge is 0.481 e. The Balaban J connectivity index is 1.52. The highest BCUT2D eigenvalue weighted by Crippen LogP contribution is 2.24. The van der Waals surface area contributed by atoms with Crippen molar-refractivity contribution in [2.75, 3.05) is 11.1 Å². The second-order valence-corrected chi connectivity index (χ2v) is 9.22. The van der Waals surface area contributed by atoms with Crippen LogP contribution in [0.3, 0.4) is 0 Å². The summed E-state index contributed by atoms with van der Waals surface area (Å²) < 4.78 is 7.62. The van der Waals surface area contributed by atoms with Crippen LogP contribution in [0, 0.1) is 6.92 Å². The van der Waals surface area contributed by atoms with Crippen LogP contribution in [0.1, 0.15) is 37.7 Å². The van der Waals surface area contributed by atoms with E-state index in [0.717, 1.165) is 12.0 Å². The molecule has 0 saturated carbocycles. The van der Waals surface area contributed by atoms with Crippen LogP contribution in [0.4, 0.5) is 5.69 Å². The Kier molecular flexibility index (Phi) is 9.56. The topological polar surface area (TPSA) is 98.1 Å². The second kappa shape index (κ2) is 12.6. The number of nitrogens with one attached hydrogen (secondary N) is 2. The van der Waals surface area contributed by atoms with Crippen molar-refractivity contribution in [3.8, 4) is 5.75 Å². The number of ether oxygens (including phenoxy) is 1. The van der Waals surface area contributed by atoms with E-state index in [2.05, 4.69) is 27.8 Å². The maximum atomic E-state index is 12.5. The molecular weight excluding hydrogens is 486 g/mol. The summed E-state index contributed by atoms with van der Waals surface area (Å²) in [5, 5.41) is 15.3. The van der Waals surface area contributed by atoms with Crippen molar-refractivity contribution in [2.24, 2.45) is 0 Å². The maximum Gasteiger partial charge on any atom is 0.261 e. The summed E-state index contributed by atoms with van der Waals surface area (Å²) >= 11 is 7.40. The third-order valence-corrected chi connectivity index (χ3v) is 6.79. The molecular formula is C25H30ClN5O3S. The molecule has 2 amide bonds. The fourth-order valence-electron chi connectivity index (χ4n) is 3.30. The summed E-state index contributed by atoms with van der Waals surface area (Å²) in [5.74, 6) is 0.998. The number of thioether (sulfide) groups is 1. The molecule has 0 aliphatic heterocycles. The highest BCUT2D eigenvalue weighted by molar-refractivity contribution is 7.99. The number of amides is 2. The van der Waals surface area contributed by atoms with Crippen molar-refractivity contribution in [1.29, 1.82) is 0 Å². The molecule has 2 aromatic carbocycles. The van der Waals surface area contributed by atoms with E-state index in [0.29, 0.717) is 34.0 Å². The van der Waals surface area contributed by atoms with Crippen molar-refractivity contribution in [1.82, 2.24) is 20.1 Å². The first-order valence-corrected chi connectivity index (χ1v) is 12.8. The lowest BCUT2D eigenvalue weighted by atomic mass is 10.2. The van der Waals surface area contributed by atoms with Gasteiger partial charge in [-0.2, -0.15) is 0 Å². The molecule has 0 radical (unpaired) electrons. The van der Waals surface area contributed by atoms with E-state index < -0.39 is 6.10 Å². The molecule has 0 bridgehead atoms. The molecule has 3 aromatic rings. The average molecular weight is 516 g/mol. The smallest absolute Gasteiger partial charge is 0.261 e. The second-order valence-electron chi connectivity index (χ2n) is 7.87. The molecule has 10 heteroatoms. The van der Waals surface area contributed by atoms with Crippen molar-refractivity contribution in [2.45, 2.75) is 58.5 Å². The first kappa shape index (κ1) is 26.6. The Morgan fingerprint density at radius 2 is 1.89 bits per heavy atom. The molecule has 1 aromatic heterocycles. The molecule has 0 unspecified atom stereocenters. The summed E-state index contributed by atoms with van der Waals surface area (Å²) in [6.45, 7) is 8.41. The first-order chi connectivity index (χ1) is 16.8. The molecule has 0 aliphatic rings. The van der Waals surface area contributed by atoms with Gasteiger partial charge in [-0.25, -0.2) is 0 Å². The monoisotopic (exact) mass is 515 g/mol. The Hall–Kier alpha value is -3.04. The van der Waals surface area contributed by atoms with E-state index >= 15 is 0 Å². The molecule has 3 rings (SSSR count). The molecule has 1 heterocycles. The highest BCUT2D eigenvalue weighted by atomic mass is 35.5. The van der Waals surface area contributed by atoms with Gasteiger partial charge >= 0.3 is 0 Å². The molecule has 35 heavy (non-hydrogen) atoms. The molecule has 0 fully saturated rings. The highest BCUT2D eigenvalue weighted by Gasteiger charge is 2.18. The van der Waals surface area contributed by atoms with E-state index in [-0.39, 0.29) is 24.1 Å². The zero-order chi connectivity index (χ0) is 25.4. The Bertz CT molecular complexity index is 1170. The predicted octanol–water partition coefficient (Wildman–Crippen LogP) is 4.64. The zero-order valence-corrected chi connectivity index (χ0v) is 21.9. The maximum absolute atomic E-state index is 12.5. The predicted molar refractivity (Wildman–Crippen MR) is 139 cm³/mol. The molecule has 186 valence electrons. The number of rotatable bonds is 11. The minimum Gasteiger partial charge on any atom is -0.481 e. The lowest BCUT2D eigenvalue weighted by Crippen LogP contribution is -2.36. The van der Waals surface area contributed by atoms with E-state index in [4.69, 9.17) is 16.3 Å². The van der Waals surface area contributed by atoms with Crippen molar-refractivity contribution >= 4 is 40.9 Å². The SMILES string of the molecule is CCc1ccc(O[C@@H](C)C(=O)NCc2nnc(SCC(=O)Nc3cccc(Cl)c3C)n2CC)cc1. The van der Waals surface area contributed by atoms with Crippen LogP contribution < -0.4 is 15.4 Å². The quantitative estimate of drug-likeness (QED) is 0.361. The van der Waals surface area contributed by atoms with Gasteiger partial charge in [0.05, 0.1) is 12.3 Å². The minimum absolute atomic E-state index is 0.165. The average Bonchev–Trinajstić information content (AvgIpc) is 3.26. The summed E-state index contributed by atoms with van der Waals surface area (Å²) in [4.78, 5) is 25.0. The van der Waals surface area contributed by atoms with Gasteiger partial charge in [-0.05, 0) is 62.6 Å². The summed E-state index contributed by atoms with van der Waals surface area (Å²) in [5.41, 5.74) is 2.71. The number of aromatic nitrogens is 3. The van der Waals surface area contributed by atoms with Crippen molar-refractivity contribution in [3.05, 3.63) is 64.4 Å². The first-order valence-electron chi connectivity index (χ1n) is 11.5. The number of carbonyl (C=O) groups excluding carboxylic acids is 2. The van der Waals surface area contributed by atoms with Gasteiger partial charge in [0.1, 0.15) is 5.75 Å². The number of benzene rings is 2.